The molecule has 0 saturated carbocycles. The molecule has 0 atom stereocenters. The van der Waals surface area contributed by atoms with Gasteiger partial charge < -0.3 is 14.2 Å². The fourth-order valence-corrected chi connectivity index (χ4v) is 3.62. The Labute approximate surface area is 152 Å². The normalized spacial score (nSPS) is 15.3. The number of aromatic nitrogens is 2. The van der Waals surface area contributed by atoms with Crippen LogP contribution in [0.15, 0.2) is 36.5 Å². The number of rotatable bonds is 3. The van der Waals surface area contributed by atoms with E-state index < -0.39 is 0 Å². The monoisotopic (exact) mass is 351 g/mol. The second-order valence-corrected chi connectivity index (χ2v) is 6.87. The van der Waals surface area contributed by atoms with Crippen molar-refractivity contribution in [2.45, 2.75) is 19.9 Å². The molecule has 0 radical (unpaired) electrons. The van der Waals surface area contributed by atoms with Crippen LogP contribution in [0.5, 0.6) is 5.88 Å². The number of likely N-dealkylation sites (N-methyl/N-ethyl adjacent to an activating group) is 1. The van der Waals surface area contributed by atoms with Gasteiger partial charge >= 0.3 is 0 Å². The smallest absolute Gasteiger partial charge is 0.212 e. The minimum atomic E-state index is -0.306. The Morgan fingerprint density at radius 3 is 2.85 bits per heavy atom. The largest absolute Gasteiger partial charge is 0.481 e. The maximum atomic E-state index is 14.9. The van der Waals surface area contributed by atoms with Crippen LogP contribution >= 0.6 is 0 Å². The number of hydrogen-bond donors (Lipinski definition) is 0. The van der Waals surface area contributed by atoms with Gasteiger partial charge in [0.25, 0.3) is 0 Å². The minimum absolute atomic E-state index is 0.306. The van der Waals surface area contributed by atoms with E-state index in [1.165, 1.54) is 28.4 Å². The average Bonchev–Trinajstić information content (AvgIpc) is 2.94. The Morgan fingerprint density at radius 2 is 2.12 bits per heavy atom. The highest BCUT2D eigenvalue weighted by molar-refractivity contribution is 5.90. The van der Waals surface area contributed by atoms with Crippen LogP contribution in [0.3, 0.4) is 0 Å². The van der Waals surface area contributed by atoms with Crippen molar-refractivity contribution in [3.63, 3.8) is 0 Å². The molecule has 134 valence electrons. The zero-order valence-electron chi connectivity index (χ0n) is 15.3. The molecule has 0 aliphatic carbocycles. The first-order valence-corrected chi connectivity index (χ1v) is 8.75. The van der Waals surface area contributed by atoms with E-state index >= 15 is 0 Å². The predicted octanol–water partition coefficient (Wildman–Crippen LogP) is 4.27. The fraction of sp³-hybridized carbons (Fsp3) is 0.286. The third-order valence-corrected chi connectivity index (χ3v) is 5.00. The molecule has 0 spiro atoms. The Hall–Kier alpha value is -2.66. The van der Waals surface area contributed by atoms with E-state index in [0.29, 0.717) is 11.4 Å². The zero-order valence-corrected chi connectivity index (χ0v) is 15.3. The molecule has 0 saturated heterocycles. The van der Waals surface area contributed by atoms with Crippen LogP contribution in [0.1, 0.15) is 22.4 Å². The number of aryl methyl sites for hydroxylation is 1. The molecule has 26 heavy (non-hydrogen) atoms. The molecule has 0 amide bonds. The van der Waals surface area contributed by atoms with Crippen LogP contribution in [-0.2, 0) is 13.0 Å². The summed E-state index contributed by atoms with van der Waals surface area (Å²) in [6.07, 6.45) is 4.00. The predicted molar refractivity (Wildman–Crippen MR) is 103 cm³/mol. The van der Waals surface area contributed by atoms with Gasteiger partial charge in [-0.2, -0.15) is 0 Å². The Kier molecular flexibility index (Phi) is 4.24. The summed E-state index contributed by atoms with van der Waals surface area (Å²) in [7, 11) is 3.67. The highest BCUT2D eigenvalue weighted by Crippen LogP contribution is 2.33. The van der Waals surface area contributed by atoms with Crippen molar-refractivity contribution in [3.8, 4) is 5.88 Å². The summed E-state index contributed by atoms with van der Waals surface area (Å²) in [4.78, 5) is 6.41. The van der Waals surface area contributed by atoms with Crippen molar-refractivity contribution in [2.24, 2.45) is 0 Å². The number of nitrogens with zero attached hydrogens (tertiary/aromatic N) is 3. The van der Waals surface area contributed by atoms with Crippen molar-refractivity contribution in [1.82, 2.24) is 14.5 Å². The molecule has 3 heterocycles. The van der Waals surface area contributed by atoms with Gasteiger partial charge in [-0.25, -0.2) is 9.37 Å². The van der Waals surface area contributed by atoms with Gasteiger partial charge in [0.2, 0.25) is 5.88 Å². The van der Waals surface area contributed by atoms with Crippen LogP contribution in [0.4, 0.5) is 4.39 Å². The standard InChI is InChI=1S/C21H22FN3O/c1-14-4-6-19-16(10-14)17-12-24(2)9-8-20(17)25(19)13-18(22)15-5-7-21(26-3)23-11-15/h4-7,10-11,13H,8-9,12H2,1-3H3/b18-13+. The van der Waals surface area contributed by atoms with Gasteiger partial charge in [0, 0.05) is 54.6 Å². The van der Waals surface area contributed by atoms with Crippen LogP contribution < -0.4 is 4.74 Å². The molecule has 4 nitrogen and oxygen atoms in total. The topological polar surface area (TPSA) is 30.3 Å². The van der Waals surface area contributed by atoms with Crippen LogP contribution in [0.25, 0.3) is 22.9 Å². The Bertz CT molecular complexity index is 989. The number of fused-ring (bicyclic) bond motifs is 3. The first-order valence-electron chi connectivity index (χ1n) is 8.75. The van der Waals surface area contributed by atoms with Gasteiger partial charge in [-0.15, -0.1) is 0 Å². The molecule has 2 aromatic heterocycles. The van der Waals surface area contributed by atoms with E-state index in [0.717, 1.165) is 25.0 Å². The molecule has 0 unspecified atom stereocenters. The second kappa shape index (κ2) is 6.57. The van der Waals surface area contributed by atoms with E-state index in [9.17, 15) is 4.39 Å². The minimum Gasteiger partial charge on any atom is -0.481 e. The van der Waals surface area contributed by atoms with Gasteiger partial charge in [-0.1, -0.05) is 11.6 Å². The SMILES string of the molecule is COc1ccc(/C(F)=C\n2c3c(c4cc(C)ccc42)CN(C)CC3)cn1. The molecule has 5 heteroatoms. The molecule has 0 fully saturated rings. The molecule has 1 aliphatic rings. The lowest BCUT2D eigenvalue weighted by Gasteiger charge is -2.23. The van der Waals surface area contributed by atoms with Crippen LogP contribution in [0.2, 0.25) is 0 Å². The lowest BCUT2D eigenvalue weighted by molar-refractivity contribution is 0.312. The van der Waals surface area contributed by atoms with Crippen molar-refractivity contribution in [3.05, 3.63) is 58.9 Å². The number of benzene rings is 1. The van der Waals surface area contributed by atoms with Gasteiger partial charge in [-0.3, -0.25) is 0 Å². The number of ether oxygens (including phenoxy) is 1. The maximum Gasteiger partial charge on any atom is 0.212 e. The van der Waals surface area contributed by atoms with Gasteiger partial charge in [0.1, 0.15) is 5.83 Å². The molecule has 1 aliphatic heterocycles. The molecule has 0 N–H and O–H groups in total. The maximum absolute atomic E-state index is 14.9. The second-order valence-electron chi connectivity index (χ2n) is 6.87. The van der Waals surface area contributed by atoms with Gasteiger partial charge in [0.05, 0.1) is 12.6 Å². The number of methoxy groups -OCH3 is 1. The molecule has 1 aromatic carbocycles. The lowest BCUT2D eigenvalue weighted by atomic mass is 10.0. The Morgan fingerprint density at radius 1 is 1.27 bits per heavy atom. The summed E-state index contributed by atoms with van der Waals surface area (Å²) in [5.41, 5.74) is 5.21. The summed E-state index contributed by atoms with van der Waals surface area (Å²) >= 11 is 0. The van der Waals surface area contributed by atoms with E-state index in [2.05, 4.69) is 42.1 Å². The van der Waals surface area contributed by atoms with E-state index in [4.69, 9.17) is 4.74 Å². The molecular formula is C21H22FN3O. The summed E-state index contributed by atoms with van der Waals surface area (Å²) in [6, 6.07) is 9.72. The summed E-state index contributed by atoms with van der Waals surface area (Å²) < 4.78 is 22.0. The van der Waals surface area contributed by atoms with Crippen molar-refractivity contribution >= 4 is 22.9 Å². The summed E-state index contributed by atoms with van der Waals surface area (Å²) in [6.45, 7) is 3.96. The number of pyridine rings is 1. The van der Waals surface area contributed by atoms with Crippen molar-refractivity contribution < 1.29 is 9.13 Å². The third kappa shape index (κ3) is 2.88. The molecule has 0 bridgehead atoms. The fourth-order valence-electron chi connectivity index (χ4n) is 3.62. The lowest BCUT2D eigenvalue weighted by Crippen LogP contribution is -2.26. The molecule has 3 aromatic rings. The van der Waals surface area contributed by atoms with Crippen molar-refractivity contribution in [1.29, 1.82) is 0 Å². The van der Waals surface area contributed by atoms with Gasteiger partial charge in [-0.05, 0) is 37.7 Å². The van der Waals surface area contributed by atoms with Crippen LogP contribution in [0, 0.1) is 6.92 Å². The van der Waals surface area contributed by atoms with Gasteiger partial charge in [0.15, 0.2) is 0 Å². The average molecular weight is 351 g/mol. The highest BCUT2D eigenvalue weighted by atomic mass is 19.1. The van der Waals surface area contributed by atoms with E-state index in [-0.39, 0.29) is 5.83 Å². The highest BCUT2D eigenvalue weighted by Gasteiger charge is 2.22. The van der Waals surface area contributed by atoms with E-state index in [1.807, 2.05) is 4.57 Å². The number of halogens is 1. The number of hydrogen-bond acceptors (Lipinski definition) is 3. The first-order chi connectivity index (χ1) is 12.6. The summed E-state index contributed by atoms with van der Waals surface area (Å²) in [5, 5.41) is 1.21. The zero-order chi connectivity index (χ0) is 18.3. The first kappa shape index (κ1) is 16.8. The quantitative estimate of drug-likeness (QED) is 0.706. The summed E-state index contributed by atoms with van der Waals surface area (Å²) in [5.74, 6) is 0.170. The van der Waals surface area contributed by atoms with Crippen LogP contribution in [-0.4, -0.2) is 35.2 Å². The van der Waals surface area contributed by atoms with E-state index in [1.54, 1.807) is 25.4 Å². The van der Waals surface area contributed by atoms with Crippen molar-refractivity contribution in [2.75, 3.05) is 20.7 Å². The Balaban J connectivity index is 1.85. The third-order valence-electron chi connectivity index (χ3n) is 5.00. The molecular weight excluding hydrogens is 329 g/mol. The molecule has 4 rings (SSSR count).